The van der Waals surface area contributed by atoms with Gasteiger partial charge in [0.2, 0.25) is 0 Å². The summed E-state index contributed by atoms with van der Waals surface area (Å²) in [5, 5.41) is 10.4. The smallest absolute Gasteiger partial charge is 0.390 e. The molecule has 0 aliphatic heterocycles. The number of hydrogen-bond acceptors (Lipinski definition) is 1. The van der Waals surface area contributed by atoms with Gasteiger partial charge >= 0.3 is 6.18 Å². The molecule has 21 heavy (non-hydrogen) atoms. The first-order chi connectivity index (χ1) is 9.87. The minimum absolute atomic E-state index is 0.0943. The monoisotopic (exact) mass is 308 g/mol. The van der Waals surface area contributed by atoms with Gasteiger partial charge in [0.15, 0.2) is 0 Å². The summed E-state index contributed by atoms with van der Waals surface area (Å²) in [4.78, 5) is 0. The molecule has 0 bridgehead atoms. The second-order valence-corrected chi connectivity index (χ2v) is 6.77. The fraction of sp³-hybridized carbons (Fsp3) is 1.00. The second-order valence-electron chi connectivity index (χ2n) is 6.77. The lowest BCUT2D eigenvalue weighted by molar-refractivity contribution is -0.192. The van der Waals surface area contributed by atoms with Crippen molar-refractivity contribution in [3.8, 4) is 0 Å². The van der Waals surface area contributed by atoms with E-state index in [1.807, 2.05) is 0 Å². The fourth-order valence-corrected chi connectivity index (χ4v) is 3.32. The van der Waals surface area contributed by atoms with E-state index in [4.69, 9.17) is 0 Å². The van der Waals surface area contributed by atoms with Crippen LogP contribution in [0.4, 0.5) is 13.2 Å². The molecule has 1 aliphatic carbocycles. The summed E-state index contributed by atoms with van der Waals surface area (Å²) in [6.45, 7) is 2.20. The maximum absolute atomic E-state index is 12.6. The predicted molar refractivity (Wildman–Crippen MR) is 80.2 cm³/mol. The average molecular weight is 308 g/mol. The summed E-state index contributed by atoms with van der Waals surface area (Å²) in [6, 6.07) is 0. The molecule has 1 aliphatic rings. The van der Waals surface area contributed by atoms with Gasteiger partial charge in [-0.25, -0.2) is 0 Å². The number of rotatable bonds is 9. The Balaban J connectivity index is 2.07. The molecule has 0 spiro atoms. The van der Waals surface area contributed by atoms with E-state index in [0.29, 0.717) is 19.3 Å². The Kier molecular flexibility index (Phi) is 8.07. The van der Waals surface area contributed by atoms with Crippen LogP contribution in [-0.2, 0) is 0 Å². The molecule has 0 aromatic carbocycles. The largest absolute Gasteiger partial charge is 0.391 e. The minimum atomic E-state index is -4.08. The third-order valence-electron chi connectivity index (χ3n) is 4.87. The Labute approximate surface area is 127 Å². The van der Waals surface area contributed by atoms with E-state index in [9.17, 15) is 18.3 Å². The molecule has 0 amide bonds. The van der Waals surface area contributed by atoms with Crippen molar-refractivity contribution in [1.82, 2.24) is 0 Å². The zero-order chi connectivity index (χ0) is 15.8. The van der Waals surface area contributed by atoms with Crippen molar-refractivity contribution in [2.24, 2.45) is 5.92 Å². The van der Waals surface area contributed by atoms with E-state index in [-0.39, 0.29) is 12.8 Å². The van der Waals surface area contributed by atoms with Crippen molar-refractivity contribution >= 4 is 0 Å². The van der Waals surface area contributed by atoms with E-state index in [2.05, 4.69) is 6.92 Å². The number of unbranched alkanes of at least 4 members (excludes halogenated alkanes) is 7. The van der Waals surface area contributed by atoms with Gasteiger partial charge in [0, 0.05) is 0 Å². The summed E-state index contributed by atoms with van der Waals surface area (Å²) in [5.41, 5.74) is -0.829. The summed E-state index contributed by atoms with van der Waals surface area (Å²) < 4.78 is 37.8. The second kappa shape index (κ2) is 9.02. The Bertz CT molecular complexity index is 268. The van der Waals surface area contributed by atoms with Crippen LogP contribution in [0.5, 0.6) is 0 Å². The van der Waals surface area contributed by atoms with Gasteiger partial charge in [-0.1, -0.05) is 58.3 Å². The molecule has 0 unspecified atom stereocenters. The molecule has 0 radical (unpaired) electrons. The van der Waals surface area contributed by atoms with Gasteiger partial charge < -0.3 is 5.11 Å². The van der Waals surface area contributed by atoms with Crippen LogP contribution < -0.4 is 0 Å². The first-order valence-electron chi connectivity index (χ1n) is 8.66. The van der Waals surface area contributed by atoms with E-state index >= 15 is 0 Å². The van der Waals surface area contributed by atoms with Crippen LogP contribution in [0.25, 0.3) is 0 Å². The van der Waals surface area contributed by atoms with E-state index in [1.54, 1.807) is 0 Å². The molecular formula is C17H31F3O. The molecule has 126 valence electrons. The van der Waals surface area contributed by atoms with Gasteiger partial charge in [0.1, 0.15) is 0 Å². The maximum Gasteiger partial charge on any atom is 0.391 e. The lowest BCUT2D eigenvalue weighted by Gasteiger charge is -2.36. The maximum atomic E-state index is 12.6. The predicted octanol–water partition coefficient (Wildman–Crippen LogP) is 6.00. The Hall–Kier alpha value is -0.250. The lowest BCUT2D eigenvalue weighted by Crippen LogP contribution is -2.38. The molecule has 1 rings (SSSR count). The van der Waals surface area contributed by atoms with Crippen LogP contribution in [0.3, 0.4) is 0 Å². The highest BCUT2D eigenvalue weighted by molar-refractivity contribution is 4.87. The molecule has 1 fully saturated rings. The summed E-state index contributed by atoms with van der Waals surface area (Å²) in [7, 11) is 0. The zero-order valence-electron chi connectivity index (χ0n) is 13.4. The van der Waals surface area contributed by atoms with Crippen LogP contribution in [0.2, 0.25) is 0 Å². The summed E-state index contributed by atoms with van der Waals surface area (Å²) >= 11 is 0. The van der Waals surface area contributed by atoms with E-state index in [1.165, 1.54) is 38.5 Å². The van der Waals surface area contributed by atoms with Crippen molar-refractivity contribution < 1.29 is 18.3 Å². The van der Waals surface area contributed by atoms with Crippen LogP contribution in [0, 0.1) is 5.92 Å². The highest BCUT2D eigenvalue weighted by Gasteiger charge is 2.44. The Morgan fingerprint density at radius 2 is 1.38 bits per heavy atom. The van der Waals surface area contributed by atoms with Crippen LogP contribution in [-0.4, -0.2) is 16.9 Å². The Morgan fingerprint density at radius 3 is 1.86 bits per heavy atom. The highest BCUT2D eigenvalue weighted by atomic mass is 19.4. The Morgan fingerprint density at radius 1 is 0.905 bits per heavy atom. The molecule has 0 aromatic rings. The van der Waals surface area contributed by atoms with E-state index in [0.717, 1.165) is 12.8 Å². The molecule has 1 nitrogen and oxygen atoms in total. The molecule has 1 N–H and O–H groups in total. The van der Waals surface area contributed by atoms with Crippen molar-refractivity contribution in [1.29, 1.82) is 0 Å². The topological polar surface area (TPSA) is 20.2 Å². The molecular weight excluding hydrogens is 277 g/mol. The zero-order valence-corrected chi connectivity index (χ0v) is 13.4. The quantitative estimate of drug-likeness (QED) is 0.518. The van der Waals surface area contributed by atoms with Crippen LogP contribution >= 0.6 is 0 Å². The van der Waals surface area contributed by atoms with Crippen molar-refractivity contribution in [3.05, 3.63) is 0 Å². The number of halogens is 3. The minimum Gasteiger partial charge on any atom is -0.390 e. The molecule has 0 saturated heterocycles. The van der Waals surface area contributed by atoms with Crippen LogP contribution in [0.15, 0.2) is 0 Å². The van der Waals surface area contributed by atoms with Crippen LogP contribution in [0.1, 0.15) is 90.4 Å². The highest BCUT2D eigenvalue weighted by Crippen LogP contribution is 2.42. The third-order valence-corrected chi connectivity index (χ3v) is 4.87. The van der Waals surface area contributed by atoms with Gasteiger partial charge in [-0.3, -0.25) is 0 Å². The molecule has 0 atom stereocenters. The number of hydrogen-bond donors (Lipinski definition) is 1. The number of aliphatic hydroxyl groups is 1. The van der Waals surface area contributed by atoms with Crippen molar-refractivity contribution in [2.75, 3.05) is 0 Å². The lowest BCUT2D eigenvalue weighted by atomic mass is 9.76. The normalized spacial score (nSPS) is 27.0. The third kappa shape index (κ3) is 7.53. The standard InChI is InChI=1S/C17H31F3O/c1-2-3-4-5-6-7-8-9-12-16(21)13-10-15(11-14-16)17(18,19)20/h15,21H,2-14H2,1H3. The number of alkyl halides is 3. The van der Waals surface area contributed by atoms with Crippen molar-refractivity contribution in [3.63, 3.8) is 0 Å². The SMILES string of the molecule is CCCCCCCCCCC1(O)CCC(C(F)(F)F)CC1. The molecule has 0 heterocycles. The van der Waals surface area contributed by atoms with Gasteiger partial charge in [-0.15, -0.1) is 0 Å². The van der Waals surface area contributed by atoms with Gasteiger partial charge in [-0.05, 0) is 32.1 Å². The summed E-state index contributed by atoms with van der Waals surface area (Å²) in [5.74, 6) is -1.20. The molecule has 1 saturated carbocycles. The first-order valence-corrected chi connectivity index (χ1v) is 8.66. The molecule has 4 heteroatoms. The van der Waals surface area contributed by atoms with Gasteiger partial charge in [0.05, 0.1) is 11.5 Å². The average Bonchev–Trinajstić information content (AvgIpc) is 2.41. The van der Waals surface area contributed by atoms with Crippen molar-refractivity contribution in [2.45, 2.75) is 102 Å². The fourth-order valence-electron chi connectivity index (χ4n) is 3.32. The van der Waals surface area contributed by atoms with E-state index < -0.39 is 17.7 Å². The van der Waals surface area contributed by atoms with Gasteiger partial charge in [-0.2, -0.15) is 13.2 Å². The summed E-state index contributed by atoms with van der Waals surface area (Å²) in [6.07, 6.45) is 7.02. The molecule has 0 aromatic heterocycles. The first kappa shape index (κ1) is 18.8. The van der Waals surface area contributed by atoms with Gasteiger partial charge in [0.25, 0.3) is 0 Å².